The van der Waals surface area contributed by atoms with Crippen molar-refractivity contribution in [2.24, 2.45) is 5.92 Å². The van der Waals surface area contributed by atoms with Gasteiger partial charge in [0.15, 0.2) is 0 Å². The fourth-order valence-electron chi connectivity index (χ4n) is 4.62. The number of pyridine rings is 2. The molecule has 3 aromatic rings. The second-order valence-electron chi connectivity index (χ2n) is 8.45. The van der Waals surface area contributed by atoms with Gasteiger partial charge < -0.3 is 5.32 Å². The summed E-state index contributed by atoms with van der Waals surface area (Å²) >= 11 is 0. The molecular weight excluding hydrogens is 395 g/mol. The fraction of sp³-hybridized carbons (Fsp3) is 0.478. The number of carbonyl (C=O) groups is 1. The molecule has 0 aliphatic carbocycles. The Hall–Kier alpha value is -2.71. The summed E-state index contributed by atoms with van der Waals surface area (Å²) in [4.78, 5) is 23.9. The van der Waals surface area contributed by atoms with Gasteiger partial charge in [-0.1, -0.05) is 0 Å². The first-order valence-corrected chi connectivity index (χ1v) is 11.0. The highest BCUT2D eigenvalue weighted by atomic mass is 19.1. The first kappa shape index (κ1) is 20.2. The number of aromatic nitrogens is 4. The Labute approximate surface area is 180 Å². The molecule has 1 saturated heterocycles. The van der Waals surface area contributed by atoms with Crippen molar-refractivity contribution in [2.75, 3.05) is 32.9 Å². The summed E-state index contributed by atoms with van der Waals surface area (Å²) in [5, 5.41) is 9.78. The minimum Gasteiger partial charge on any atom is -0.317 e. The van der Waals surface area contributed by atoms with E-state index in [1.807, 2.05) is 29.2 Å². The van der Waals surface area contributed by atoms with Gasteiger partial charge in [0.05, 0.1) is 24.1 Å². The van der Waals surface area contributed by atoms with Crippen molar-refractivity contribution in [2.45, 2.75) is 32.4 Å². The molecule has 1 fully saturated rings. The number of nitrogens with one attached hydrogen (secondary N) is 1. The van der Waals surface area contributed by atoms with Crippen LogP contribution in [0.4, 0.5) is 4.39 Å². The maximum atomic E-state index is 12.8. The quantitative estimate of drug-likeness (QED) is 0.658. The highest BCUT2D eigenvalue weighted by Gasteiger charge is 2.23. The number of piperidine rings is 1. The molecule has 162 valence electrons. The third-order valence-electron chi connectivity index (χ3n) is 6.44. The van der Waals surface area contributed by atoms with Crippen LogP contribution in [0.15, 0.2) is 30.7 Å². The minimum absolute atomic E-state index is 0.137. The van der Waals surface area contributed by atoms with Crippen LogP contribution in [-0.4, -0.2) is 63.3 Å². The maximum absolute atomic E-state index is 12.8. The van der Waals surface area contributed by atoms with Gasteiger partial charge in [-0.05, 0) is 43.5 Å². The summed E-state index contributed by atoms with van der Waals surface area (Å²) < 4.78 is 14.8. The fourth-order valence-corrected chi connectivity index (χ4v) is 4.62. The zero-order valence-electron chi connectivity index (χ0n) is 17.6. The van der Waals surface area contributed by atoms with Crippen molar-refractivity contribution >= 4 is 16.6 Å². The molecule has 0 radical (unpaired) electrons. The summed E-state index contributed by atoms with van der Waals surface area (Å²) in [5.74, 6) is 0.416. The maximum Gasteiger partial charge on any atom is 0.142 e. The molecule has 5 heterocycles. The average molecular weight is 423 g/mol. The molecule has 0 unspecified atom stereocenters. The van der Waals surface area contributed by atoms with E-state index in [9.17, 15) is 9.18 Å². The van der Waals surface area contributed by atoms with Crippen LogP contribution in [0.1, 0.15) is 24.2 Å². The molecule has 3 aromatic heterocycles. The summed E-state index contributed by atoms with van der Waals surface area (Å²) in [6, 6.07) is 4.05. The summed E-state index contributed by atoms with van der Waals surface area (Å²) in [6.45, 7) is 4.16. The number of hydrogen-bond acceptors (Lipinski definition) is 6. The lowest BCUT2D eigenvalue weighted by molar-refractivity contribution is -0.123. The predicted octanol–water partition coefficient (Wildman–Crippen LogP) is 2.39. The summed E-state index contributed by atoms with van der Waals surface area (Å²) in [5.41, 5.74) is 3.70. The van der Waals surface area contributed by atoms with E-state index in [2.05, 4.69) is 25.3 Å². The highest BCUT2D eigenvalue weighted by Crippen LogP contribution is 2.28. The van der Waals surface area contributed by atoms with Gasteiger partial charge in [-0.15, -0.1) is 0 Å². The molecule has 0 aromatic carbocycles. The van der Waals surface area contributed by atoms with E-state index in [0.717, 1.165) is 72.4 Å². The van der Waals surface area contributed by atoms with Gasteiger partial charge in [0.25, 0.3) is 0 Å². The van der Waals surface area contributed by atoms with Crippen molar-refractivity contribution in [3.8, 4) is 11.3 Å². The van der Waals surface area contributed by atoms with Crippen LogP contribution in [0.3, 0.4) is 0 Å². The lowest BCUT2D eigenvalue weighted by Crippen LogP contribution is -2.35. The van der Waals surface area contributed by atoms with Crippen LogP contribution in [0.2, 0.25) is 0 Å². The Kier molecular flexibility index (Phi) is 5.74. The Morgan fingerprint density at radius 2 is 1.94 bits per heavy atom. The van der Waals surface area contributed by atoms with E-state index in [4.69, 9.17) is 0 Å². The number of alkyl halides is 1. The van der Waals surface area contributed by atoms with E-state index in [0.29, 0.717) is 19.5 Å². The number of hydrogen-bond donors (Lipinski definition) is 1. The summed E-state index contributed by atoms with van der Waals surface area (Å²) in [6.07, 6.45) is 7.67. The number of Topliss-reactive ketones (excluding diaryl/α,β-unsaturated/α-hetero) is 1. The van der Waals surface area contributed by atoms with E-state index in [1.165, 1.54) is 0 Å². The van der Waals surface area contributed by atoms with Crippen molar-refractivity contribution < 1.29 is 9.18 Å². The van der Waals surface area contributed by atoms with Crippen molar-refractivity contribution in [1.29, 1.82) is 0 Å². The molecule has 0 spiro atoms. The largest absolute Gasteiger partial charge is 0.317 e. The molecule has 8 heteroatoms. The zero-order chi connectivity index (χ0) is 21.2. The molecular formula is C23H27FN6O. The second-order valence-corrected chi connectivity index (χ2v) is 8.45. The Morgan fingerprint density at radius 1 is 1.10 bits per heavy atom. The minimum atomic E-state index is -0.344. The molecule has 0 saturated carbocycles. The monoisotopic (exact) mass is 422 g/mol. The van der Waals surface area contributed by atoms with E-state index in [-0.39, 0.29) is 18.4 Å². The van der Waals surface area contributed by atoms with Crippen LogP contribution >= 0.6 is 0 Å². The topological polar surface area (TPSA) is 75.9 Å². The van der Waals surface area contributed by atoms with Gasteiger partial charge in [0, 0.05) is 61.0 Å². The number of fused-ring (bicyclic) bond motifs is 2. The SMILES string of the molecule is O=C(Cc1cc2cc(-c3cnn4c3CN(CCF)CC4)ncc2cn1)C1CCNCC1. The van der Waals surface area contributed by atoms with Crippen LogP contribution in [-0.2, 0) is 24.3 Å². The van der Waals surface area contributed by atoms with Gasteiger partial charge in [0.2, 0.25) is 0 Å². The third kappa shape index (κ3) is 4.22. The molecule has 1 N–H and O–H groups in total. The van der Waals surface area contributed by atoms with Gasteiger partial charge in [0.1, 0.15) is 12.5 Å². The smallest absolute Gasteiger partial charge is 0.142 e. The van der Waals surface area contributed by atoms with Crippen molar-refractivity contribution in [3.05, 3.63) is 42.1 Å². The Morgan fingerprint density at radius 3 is 2.77 bits per heavy atom. The number of halogens is 1. The lowest BCUT2D eigenvalue weighted by atomic mass is 9.91. The standard InChI is InChI=1S/C23H27FN6O/c24-3-6-29-7-8-30-22(15-29)20(14-28-30)21-10-17-9-19(26-12-18(17)13-27-21)11-23(31)16-1-4-25-5-2-16/h9-10,12-14,16,25H,1-8,11,15H2. The molecule has 7 nitrogen and oxygen atoms in total. The molecule has 2 aliphatic heterocycles. The third-order valence-corrected chi connectivity index (χ3v) is 6.44. The van der Waals surface area contributed by atoms with Gasteiger partial charge in [-0.25, -0.2) is 4.39 Å². The summed E-state index contributed by atoms with van der Waals surface area (Å²) in [7, 11) is 0. The van der Waals surface area contributed by atoms with E-state index >= 15 is 0 Å². The first-order chi connectivity index (χ1) is 15.2. The normalized spacial score (nSPS) is 17.7. The number of rotatable bonds is 6. The zero-order valence-corrected chi connectivity index (χ0v) is 17.6. The molecule has 0 bridgehead atoms. The van der Waals surface area contributed by atoms with Gasteiger partial charge in [-0.2, -0.15) is 5.10 Å². The number of nitrogens with zero attached hydrogens (tertiary/aromatic N) is 5. The van der Waals surface area contributed by atoms with Crippen LogP contribution in [0.25, 0.3) is 22.0 Å². The number of carbonyl (C=O) groups excluding carboxylic acids is 1. The van der Waals surface area contributed by atoms with E-state index < -0.39 is 0 Å². The number of ketones is 1. The molecule has 0 atom stereocenters. The van der Waals surface area contributed by atoms with Crippen LogP contribution in [0, 0.1) is 5.92 Å². The Bertz CT molecular complexity index is 1090. The molecule has 0 amide bonds. The molecule has 2 aliphatic rings. The highest BCUT2D eigenvalue weighted by molar-refractivity contribution is 5.87. The van der Waals surface area contributed by atoms with Gasteiger partial charge in [-0.3, -0.25) is 24.3 Å². The van der Waals surface area contributed by atoms with Crippen LogP contribution < -0.4 is 5.32 Å². The van der Waals surface area contributed by atoms with E-state index in [1.54, 1.807) is 6.20 Å². The molecule has 31 heavy (non-hydrogen) atoms. The first-order valence-electron chi connectivity index (χ1n) is 11.0. The lowest BCUT2D eigenvalue weighted by Gasteiger charge is -2.27. The van der Waals surface area contributed by atoms with Gasteiger partial charge >= 0.3 is 0 Å². The van der Waals surface area contributed by atoms with Crippen molar-refractivity contribution in [1.82, 2.24) is 30.0 Å². The van der Waals surface area contributed by atoms with Crippen LogP contribution in [0.5, 0.6) is 0 Å². The predicted molar refractivity (Wildman–Crippen MR) is 116 cm³/mol. The second kappa shape index (κ2) is 8.80. The average Bonchev–Trinajstić information content (AvgIpc) is 3.23. The Balaban J connectivity index is 1.40. The van der Waals surface area contributed by atoms with Crippen molar-refractivity contribution in [3.63, 3.8) is 0 Å². The molecule has 5 rings (SSSR count).